The third-order valence-electron chi connectivity index (χ3n) is 5.98. The number of hydrogen-bond acceptors (Lipinski definition) is 2. The molecule has 0 saturated heterocycles. The lowest BCUT2D eigenvalue weighted by atomic mass is 9.70. The van der Waals surface area contributed by atoms with E-state index < -0.39 is 0 Å². The van der Waals surface area contributed by atoms with E-state index in [1.165, 1.54) is 36.2 Å². The van der Waals surface area contributed by atoms with Crippen LogP contribution in [0.5, 0.6) is 0 Å². The van der Waals surface area contributed by atoms with Crippen molar-refractivity contribution in [2.24, 2.45) is 11.3 Å². The normalized spacial score (nSPS) is 30.9. The molecule has 19 heavy (non-hydrogen) atoms. The molecule has 2 bridgehead atoms. The summed E-state index contributed by atoms with van der Waals surface area (Å²) >= 11 is 0. The van der Waals surface area contributed by atoms with Crippen LogP contribution in [-0.2, 0) is 11.8 Å². The Kier molecular flexibility index (Phi) is 2.78. The van der Waals surface area contributed by atoms with Crippen LogP contribution >= 0.6 is 0 Å². The Balaban J connectivity index is 1.95. The summed E-state index contributed by atoms with van der Waals surface area (Å²) in [5, 5.41) is 9.14. The average Bonchev–Trinajstić information content (AvgIpc) is 2.67. The van der Waals surface area contributed by atoms with E-state index in [-0.39, 0.29) is 5.41 Å². The smallest absolute Gasteiger partial charge is 0.0730 e. The minimum atomic E-state index is 0.247. The first-order valence-electron chi connectivity index (χ1n) is 7.73. The maximum atomic E-state index is 4.64. The fourth-order valence-electron chi connectivity index (χ4n) is 4.17. The first-order valence-corrected chi connectivity index (χ1v) is 7.73. The molecule has 0 radical (unpaired) electrons. The summed E-state index contributed by atoms with van der Waals surface area (Å²) < 4.78 is 0. The molecule has 2 aliphatic rings. The van der Waals surface area contributed by atoms with E-state index in [2.05, 4.69) is 50.9 Å². The van der Waals surface area contributed by atoms with Crippen molar-refractivity contribution < 1.29 is 0 Å². The predicted octanol–water partition coefficient (Wildman–Crippen LogP) is 4.24. The highest BCUT2D eigenvalue weighted by Crippen LogP contribution is 2.66. The van der Waals surface area contributed by atoms with Gasteiger partial charge < -0.3 is 0 Å². The maximum Gasteiger partial charge on any atom is 0.0730 e. The van der Waals surface area contributed by atoms with Crippen LogP contribution in [0, 0.1) is 11.3 Å². The standard InChI is InChI=1S/C17H26N2/c1-11(2)6-7-12-10-13-14-8-9-17(5,16(14,3)4)15(13)19-18-12/h10-11,14H,6-9H2,1-5H3/t14-,17-/m0/s1. The zero-order valence-corrected chi connectivity index (χ0v) is 13.0. The van der Waals surface area contributed by atoms with Crippen molar-refractivity contribution in [1.82, 2.24) is 10.2 Å². The maximum absolute atomic E-state index is 4.64. The topological polar surface area (TPSA) is 25.8 Å². The number of nitrogens with zero attached hydrogens (tertiary/aromatic N) is 2. The van der Waals surface area contributed by atoms with Crippen molar-refractivity contribution in [3.8, 4) is 0 Å². The van der Waals surface area contributed by atoms with Crippen molar-refractivity contribution >= 4 is 0 Å². The van der Waals surface area contributed by atoms with Crippen LogP contribution in [0.25, 0.3) is 0 Å². The highest BCUT2D eigenvalue weighted by atomic mass is 15.1. The van der Waals surface area contributed by atoms with Gasteiger partial charge in [-0.2, -0.15) is 10.2 Å². The highest BCUT2D eigenvalue weighted by molar-refractivity contribution is 5.45. The molecule has 2 atom stereocenters. The van der Waals surface area contributed by atoms with Crippen molar-refractivity contribution in [2.75, 3.05) is 0 Å². The lowest BCUT2D eigenvalue weighted by Crippen LogP contribution is -2.32. The van der Waals surface area contributed by atoms with E-state index in [9.17, 15) is 0 Å². The molecule has 0 unspecified atom stereocenters. The molecule has 3 rings (SSSR count). The summed E-state index contributed by atoms with van der Waals surface area (Å²) in [6.45, 7) is 11.8. The zero-order chi connectivity index (χ0) is 13.8. The molecular weight excluding hydrogens is 232 g/mol. The summed E-state index contributed by atoms with van der Waals surface area (Å²) in [7, 11) is 0. The van der Waals surface area contributed by atoms with Gasteiger partial charge in [0.05, 0.1) is 11.4 Å². The SMILES string of the molecule is CC(C)CCc1cc2c(nn1)[C@]1(C)CC[C@@H]2C1(C)C. The highest BCUT2D eigenvalue weighted by Gasteiger charge is 2.60. The van der Waals surface area contributed by atoms with Gasteiger partial charge in [0.25, 0.3) is 0 Å². The lowest BCUT2D eigenvalue weighted by Gasteiger charge is -2.33. The molecule has 2 heteroatoms. The van der Waals surface area contributed by atoms with Gasteiger partial charge in [-0.15, -0.1) is 0 Å². The second kappa shape index (κ2) is 4.04. The Morgan fingerprint density at radius 2 is 2.00 bits per heavy atom. The Bertz CT molecular complexity index is 504. The van der Waals surface area contributed by atoms with Crippen LogP contribution in [0.3, 0.4) is 0 Å². The van der Waals surface area contributed by atoms with Crippen molar-refractivity contribution in [3.63, 3.8) is 0 Å². The Labute approximate surface area is 117 Å². The molecule has 1 aromatic heterocycles. The van der Waals surface area contributed by atoms with E-state index in [1.54, 1.807) is 0 Å². The summed E-state index contributed by atoms with van der Waals surface area (Å²) in [5.74, 6) is 1.43. The summed E-state index contributed by atoms with van der Waals surface area (Å²) in [6, 6.07) is 2.36. The Hall–Kier alpha value is -0.920. The zero-order valence-electron chi connectivity index (χ0n) is 13.0. The minimum Gasteiger partial charge on any atom is -0.155 e. The number of rotatable bonds is 3. The number of hydrogen-bond donors (Lipinski definition) is 0. The second-order valence-corrected chi connectivity index (χ2v) is 7.72. The molecule has 1 fully saturated rings. The van der Waals surface area contributed by atoms with Crippen LogP contribution in [-0.4, -0.2) is 10.2 Å². The molecule has 2 nitrogen and oxygen atoms in total. The Morgan fingerprint density at radius 3 is 2.68 bits per heavy atom. The fraction of sp³-hybridized carbons (Fsp3) is 0.765. The third kappa shape index (κ3) is 1.68. The monoisotopic (exact) mass is 258 g/mol. The second-order valence-electron chi connectivity index (χ2n) is 7.72. The first-order chi connectivity index (χ1) is 8.86. The predicted molar refractivity (Wildman–Crippen MR) is 78.3 cm³/mol. The van der Waals surface area contributed by atoms with Gasteiger partial charge in [0.2, 0.25) is 0 Å². The molecule has 104 valence electrons. The van der Waals surface area contributed by atoms with Crippen LogP contribution in [0.4, 0.5) is 0 Å². The summed E-state index contributed by atoms with van der Waals surface area (Å²) in [4.78, 5) is 0. The van der Waals surface area contributed by atoms with Crippen molar-refractivity contribution in [1.29, 1.82) is 0 Å². The molecule has 2 aliphatic carbocycles. The van der Waals surface area contributed by atoms with Crippen LogP contribution in [0.2, 0.25) is 0 Å². The molecule has 0 amide bonds. The quantitative estimate of drug-likeness (QED) is 0.810. The molecule has 0 aromatic carbocycles. The molecule has 1 aromatic rings. The average molecular weight is 258 g/mol. The first kappa shape index (κ1) is 13.1. The number of fused-ring (bicyclic) bond motifs is 5. The van der Waals surface area contributed by atoms with Gasteiger partial charge >= 0.3 is 0 Å². The largest absolute Gasteiger partial charge is 0.155 e. The van der Waals surface area contributed by atoms with Gasteiger partial charge in [-0.3, -0.25) is 0 Å². The van der Waals surface area contributed by atoms with Gasteiger partial charge in [-0.05, 0) is 54.6 Å². The van der Waals surface area contributed by atoms with Gasteiger partial charge in [0.1, 0.15) is 0 Å². The molecule has 1 heterocycles. The van der Waals surface area contributed by atoms with Crippen LogP contribution < -0.4 is 0 Å². The van der Waals surface area contributed by atoms with E-state index >= 15 is 0 Å². The summed E-state index contributed by atoms with van der Waals surface area (Å²) in [6.07, 6.45) is 4.88. The lowest BCUT2D eigenvalue weighted by molar-refractivity contribution is 0.226. The molecule has 0 aliphatic heterocycles. The van der Waals surface area contributed by atoms with E-state index in [0.29, 0.717) is 11.3 Å². The fourth-order valence-corrected chi connectivity index (χ4v) is 4.17. The molecule has 1 saturated carbocycles. The summed E-state index contributed by atoms with van der Waals surface area (Å²) in [5.41, 5.74) is 4.59. The molecule has 0 N–H and O–H groups in total. The van der Waals surface area contributed by atoms with Gasteiger partial charge in [0.15, 0.2) is 0 Å². The Morgan fingerprint density at radius 1 is 1.26 bits per heavy atom. The van der Waals surface area contributed by atoms with E-state index in [4.69, 9.17) is 0 Å². The van der Waals surface area contributed by atoms with E-state index in [0.717, 1.165) is 12.3 Å². The van der Waals surface area contributed by atoms with Crippen LogP contribution in [0.15, 0.2) is 6.07 Å². The minimum absolute atomic E-state index is 0.247. The molecular formula is C17H26N2. The van der Waals surface area contributed by atoms with Gasteiger partial charge in [-0.25, -0.2) is 0 Å². The molecule has 0 spiro atoms. The van der Waals surface area contributed by atoms with Gasteiger partial charge in [-0.1, -0.05) is 34.6 Å². The number of aryl methyl sites for hydroxylation is 1. The van der Waals surface area contributed by atoms with Gasteiger partial charge in [0, 0.05) is 5.41 Å². The number of aromatic nitrogens is 2. The third-order valence-corrected chi connectivity index (χ3v) is 5.98. The van der Waals surface area contributed by atoms with Crippen molar-refractivity contribution in [2.45, 2.75) is 71.6 Å². The van der Waals surface area contributed by atoms with Crippen molar-refractivity contribution in [3.05, 3.63) is 23.0 Å². The van der Waals surface area contributed by atoms with Crippen LogP contribution in [0.1, 0.15) is 76.8 Å². The van der Waals surface area contributed by atoms with E-state index in [1.807, 2.05) is 0 Å².